The Labute approximate surface area is 153 Å². The number of nitrogens with one attached hydrogen (secondary N) is 1. The highest BCUT2D eigenvalue weighted by Gasteiger charge is 2.08. The van der Waals surface area contributed by atoms with Crippen LogP contribution in [0.2, 0.25) is 0 Å². The van der Waals surface area contributed by atoms with Gasteiger partial charge in [-0.05, 0) is 35.9 Å². The third-order valence-corrected chi connectivity index (χ3v) is 4.00. The van der Waals surface area contributed by atoms with Gasteiger partial charge < -0.3 is 14.8 Å². The van der Waals surface area contributed by atoms with Gasteiger partial charge in [0, 0.05) is 17.7 Å². The van der Waals surface area contributed by atoms with Crippen molar-refractivity contribution in [3.05, 3.63) is 95.6 Å². The molecule has 3 aromatic carbocycles. The first-order valence-corrected chi connectivity index (χ1v) is 8.43. The third-order valence-electron chi connectivity index (χ3n) is 4.00. The Morgan fingerprint density at radius 2 is 1.58 bits per heavy atom. The van der Waals surface area contributed by atoms with Crippen molar-refractivity contribution in [1.82, 2.24) is 5.32 Å². The SMILES string of the molecule is COc1ccccc1CNC(=O)c1ccc(OCc2ccccc2)cc1. The zero-order valence-electron chi connectivity index (χ0n) is 14.6. The van der Waals surface area contributed by atoms with Gasteiger partial charge in [-0.2, -0.15) is 0 Å². The van der Waals surface area contributed by atoms with E-state index in [1.165, 1.54) is 0 Å². The second-order valence-corrected chi connectivity index (χ2v) is 5.79. The van der Waals surface area contributed by atoms with Crippen molar-refractivity contribution in [2.45, 2.75) is 13.2 Å². The first kappa shape index (κ1) is 17.5. The first-order chi connectivity index (χ1) is 12.8. The number of carbonyl (C=O) groups is 1. The van der Waals surface area contributed by atoms with Crippen LogP contribution in [0.4, 0.5) is 0 Å². The zero-order valence-corrected chi connectivity index (χ0v) is 14.6. The molecule has 1 amide bonds. The molecule has 132 valence electrons. The summed E-state index contributed by atoms with van der Waals surface area (Å²) < 4.78 is 11.0. The highest BCUT2D eigenvalue weighted by Crippen LogP contribution is 2.18. The van der Waals surface area contributed by atoms with E-state index in [-0.39, 0.29) is 5.91 Å². The van der Waals surface area contributed by atoms with Gasteiger partial charge >= 0.3 is 0 Å². The van der Waals surface area contributed by atoms with Gasteiger partial charge in [-0.25, -0.2) is 0 Å². The molecule has 1 N–H and O–H groups in total. The normalized spacial score (nSPS) is 10.2. The maximum atomic E-state index is 12.3. The summed E-state index contributed by atoms with van der Waals surface area (Å²) in [6, 6.07) is 24.7. The summed E-state index contributed by atoms with van der Waals surface area (Å²) in [5.74, 6) is 1.36. The number of methoxy groups -OCH3 is 1. The van der Waals surface area contributed by atoms with Crippen LogP contribution in [0.15, 0.2) is 78.9 Å². The van der Waals surface area contributed by atoms with Crippen LogP contribution in [0, 0.1) is 0 Å². The number of rotatable bonds is 7. The van der Waals surface area contributed by atoms with Gasteiger partial charge in [-0.3, -0.25) is 4.79 Å². The molecule has 0 aliphatic rings. The Bertz CT molecular complexity index is 845. The predicted octanol–water partition coefficient (Wildman–Crippen LogP) is 4.20. The number of hydrogen-bond acceptors (Lipinski definition) is 3. The van der Waals surface area contributed by atoms with Crippen molar-refractivity contribution >= 4 is 5.91 Å². The fourth-order valence-corrected chi connectivity index (χ4v) is 2.57. The van der Waals surface area contributed by atoms with E-state index in [1.807, 2.05) is 54.6 Å². The van der Waals surface area contributed by atoms with Crippen LogP contribution in [0.25, 0.3) is 0 Å². The number of hydrogen-bond donors (Lipinski definition) is 1. The van der Waals surface area contributed by atoms with Gasteiger partial charge in [0.2, 0.25) is 0 Å². The smallest absolute Gasteiger partial charge is 0.251 e. The molecule has 0 fully saturated rings. The molecule has 0 bridgehead atoms. The van der Waals surface area contributed by atoms with E-state index >= 15 is 0 Å². The minimum atomic E-state index is -0.134. The summed E-state index contributed by atoms with van der Waals surface area (Å²) >= 11 is 0. The summed E-state index contributed by atoms with van der Waals surface area (Å²) in [4.78, 5) is 12.3. The van der Waals surface area contributed by atoms with Crippen LogP contribution in [-0.2, 0) is 13.2 Å². The molecule has 0 saturated heterocycles. The van der Waals surface area contributed by atoms with Crippen molar-refractivity contribution in [3.63, 3.8) is 0 Å². The summed E-state index contributed by atoms with van der Waals surface area (Å²) in [7, 11) is 1.62. The molecular weight excluding hydrogens is 326 g/mol. The van der Waals surface area contributed by atoms with Gasteiger partial charge in [0.15, 0.2) is 0 Å². The lowest BCUT2D eigenvalue weighted by molar-refractivity contribution is 0.0950. The third kappa shape index (κ3) is 4.63. The van der Waals surface area contributed by atoms with Crippen molar-refractivity contribution < 1.29 is 14.3 Å². The number of amides is 1. The van der Waals surface area contributed by atoms with Crippen molar-refractivity contribution in [1.29, 1.82) is 0 Å². The number of para-hydroxylation sites is 1. The first-order valence-electron chi connectivity index (χ1n) is 8.43. The largest absolute Gasteiger partial charge is 0.496 e. The van der Waals surface area contributed by atoms with Crippen LogP contribution in [0.3, 0.4) is 0 Å². The molecule has 0 aromatic heterocycles. The highest BCUT2D eigenvalue weighted by atomic mass is 16.5. The van der Waals surface area contributed by atoms with E-state index in [9.17, 15) is 4.79 Å². The number of carbonyl (C=O) groups excluding carboxylic acids is 1. The number of benzene rings is 3. The molecule has 4 heteroatoms. The Kier molecular flexibility index (Phi) is 5.88. The monoisotopic (exact) mass is 347 g/mol. The van der Waals surface area contributed by atoms with Crippen molar-refractivity contribution in [3.8, 4) is 11.5 Å². The minimum absolute atomic E-state index is 0.134. The van der Waals surface area contributed by atoms with Gasteiger partial charge in [0.25, 0.3) is 5.91 Å². The van der Waals surface area contributed by atoms with Gasteiger partial charge in [-0.1, -0.05) is 48.5 Å². The summed E-state index contributed by atoms with van der Waals surface area (Å²) in [5, 5.41) is 2.91. The van der Waals surface area contributed by atoms with E-state index in [2.05, 4.69) is 5.32 Å². The number of ether oxygens (including phenoxy) is 2. The zero-order chi connectivity index (χ0) is 18.2. The fourth-order valence-electron chi connectivity index (χ4n) is 2.57. The molecule has 0 atom stereocenters. The molecule has 3 aromatic rings. The molecule has 4 nitrogen and oxygen atoms in total. The lowest BCUT2D eigenvalue weighted by atomic mass is 10.1. The second kappa shape index (κ2) is 8.72. The van der Waals surface area contributed by atoms with Gasteiger partial charge in [0.05, 0.1) is 7.11 Å². The van der Waals surface area contributed by atoms with Crippen LogP contribution in [0.1, 0.15) is 21.5 Å². The summed E-state index contributed by atoms with van der Waals surface area (Å²) in [6.07, 6.45) is 0. The minimum Gasteiger partial charge on any atom is -0.496 e. The maximum Gasteiger partial charge on any atom is 0.251 e. The van der Waals surface area contributed by atoms with Crippen LogP contribution in [0.5, 0.6) is 11.5 Å². The summed E-state index contributed by atoms with van der Waals surface area (Å²) in [6.45, 7) is 0.912. The Morgan fingerprint density at radius 3 is 2.31 bits per heavy atom. The molecule has 0 aliphatic carbocycles. The average Bonchev–Trinajstić information content (AvgIpc) is 2.72. The molecule has 26 heavy (non-hydrogen) atoms. The molecule has 0 aliphatic heterocycles. The quantitative estimate of drug-likeness (QED) is 0.697. The molecule has 0 spiro atoms. The summed E-state index contributed by atoms with van der Waals surface area (Å²) in [5.41, 5.74) is 2.63. The highest BCUT2D eigenvalue weighted by molar-refractivity contribution is 5.94. The van der Waals surface area contributed by atoms with E-state index in [0.29, 0.717) is 18.7 Å². The van der Waals surface area contributed by atoms with Crippen LogP contribution < -0.4 is 14.8 Å². The van der Waals surface area contributed by atoms with Crippen molar-refractivity contribution in [2.75, 3.05) is 7.11 Å². The predicted molar refractivity (Wildman–Crippen MR) is 101 cm³/mol. The molecule has 0 heterocycles. The van der Waals surface area contributed by atoms with Gasteiger partial charge in [-0.15, -0.1) is 0 Å². The maximum absolute atomic E-state index is 12.3. The van der Waals surface area contributed by atoms with Crippen LogP contribution >= 0.6 is 0 Å². The van der Waals surface area contributed by atoms with E-state index in [1.54, 1.807) is 31.4 Å². The molecule has 3 rings (SSSR count). The fraction of sp³-hybridized carbons (Fsp3) is 0.136. The molecule has 0 unspecified atom stereocenters. The molecule has 0 saturated carbocycles. The Morgan fingerprint density at radius 1 is 0.885 bits per heavy atom. The topological polar surface area (TPSA) is 47.6 Å². The van der Waals surface area contributed by atoms with Crippen molar-refractivity contribution in [2.24, 2.45) is 0 Å². The Balaban J connectivity index is 1.55. The lowest BCUT2D eigenvalue weighted by Gasteiger charge is -2.10. The second-order valence-electron chi connectivity index (χ2n) is 5.79. The van der Waals surface area contributed by atoms with Gasteiger partial charge in [0.1, 0.15) is 18.1 Å². The van der Waals surface area contributed by atoms with E-state index in [0.717, 1.165) is 22.6 Å². The molecule has 0 radical (unpaired) electrons. The average molecular weight is 347 g/mol. The van der Waals surface area contributed by atoms with Crippen LogP contribution in [-0.4, -0.2) is 13.0 Å². The van der Waals surface area contributed by atoms with E-state index in [4.69, 9.17) is 9.47 Å². The molecular formula is C22H21NO3. The Hall–Kier alpha value is -3.27. The van der Waals surface area contributed by atoms with E-state index < -0.39 is 0 Å². The standard InChI is InChI=1S/C22H21NO3/c1-25-21-10-6-5-9-19(21)15-23-22(24)18-11-13-20(14-12-18)26-16-17-7-3-2-4-8-17/h2-14H,15-16H2,1H3,(H,23,24). The lowest BCUT2D eigenvalue weighted by Crippen LogP contribution is -2.22.